The van der Waals surface area contributed by atoms with Gasteiger partial charge in [-0.15, -0.1) is 0 Å². The molecule has 0 bridgehead atoms. The fraction of sp³-hybridized carbons (Fsp3) is 0.0667. The first-order valence-electron chi connectivity index (χ1n) is 6.32. The lowest BCUT2D eigenvalue weighted by Crippen LogP contribution is -2.31. The molecule has 0 saturated heterocycles. The predicted octanol–water partition coefficient (Wildman–Crippen LogP) is 1.33. The van der Waals surface area contributed by atoms with E-state index in [1.165, 1.54) is 6.20 Å². The van der Waals surface area contributed by atoms with Crippen LogP contribution in [0.2, 0.25) is 0 Å². The van der Waals surface area contributed by atoms with Crippen LogP contribution in [0.1, 0.15) is 11.5 Å². The highest BCUT2D eigenvalue weighted by molar-refractivity contribution is 6.47. The average Bonchev–Trinajstić information content (AvgIpc) is 2.83. The second kappa shape index (κ2) is 5.16. The standard InChI is InChI=1S/C15H11N3O3/c19-13(15(21)17-9-4-3-7-16-8-9)12-10-5-1-2-6-11(10)18-14(12)20/h1-8,12H,(H,17,21)(H,18,20). The number of rotatable bonds is 3. The van der Waals surface area contributed by atoms with Crippen LogP contribution >= 0.6 is 0 Å². The van der Waals surface area contributed by atoms with Gasteiger partial charge in [-0.05, 0) is 23.8 Å². The molecule has 0 aliphatic carbocycles. The first-order valence-corrected chi connectivity index (χ1v) is 6.32. The summed E-state index contributed by atoms with van der Waals surface area (Å²) in [6.45, 7) is 0. The number of fused-ring (bicyclic) bond motifs is 1. The highest BCUT2D eigenvalue weighted by Gasteiger charge is 2.39. The Kier molecular flexibility index (Phi) is 3.19. The average molecular weight is 281 g/mol. The summed E-state index contributed by atoms with van der Waals surface area (Å²) < 4.78 is 0. The van der Waals surface area contributed by atoms with Crippen LogP contribution in [0.3, 0.4) is 0 Å². The van der Waals surface area contributed by atoms with Crippen molar-refractivity contribution in [3.8, 4) is 0 Å². The maximum Gasteiger partial charge on any atom is 0.293 e. The Morgan fingerprint density at radius 1 is 1.14 bits per heavy atom. The molecule has 0 radical (unpaired) electrons. The van der Waals surface area contributed by atoms with Crippen molar-refractivity contribution >= 4 is 29.0 Å². The van der Waals surface area contributed by atoms with Gasteiger partial charge in [0.25, 0.3) is 5.91 Å². The first kappa shape index (κ1) is 13.0. The molecule has 2 amide bonds. The Labute approximate surface area is 120 Å². The normalized spacial score (nSPS) is 16.0. The van der Waals surface area contributed by atoms with Crippen LogP contribution in [-0.2, 0) is 14.4 Å². The molecule has 1 atom stereocenters. The molecule has 6 heteroatoms. The molecule has 1 aliphatic heterocycles. The molecule has 3 rings (SSSR count). The molecule has 21 heavy (non-hydrogen) atoms. The van der Waals surface area contributed by atoms with Gasteiger partial charge in [0.2, 0.25) is 11.7 Å². The number of aromatic nitrogens is 1. The minimum absolute atomic E-state index is 0.405. The van der Waals surface area contributed by atoms with E-state index in [4.69, 9.17) is 0 Å². The lowest BCUT2D eigenvalue weighted by Gasteiger charge is -2.08. The maximum atomic E-state index is 12.2. The Bertz CT molecular complexity index is 728. The summed E-state index contributed by atoms with van der Waals surface area (Å²) in [7, 11) is 0. The van der Waals surface area contributed by atoms with Crippen molar-refractivity contribution in [2.24, 2.45) is 0 Å². The number of amides is 2. The number of hydrogen-bond acceptors (Lipinski definition) is 4. The van der Waals surface area contributed by atoms with E-state index < -0.39 is 23.5 Å². The van der Waals surface area contributed by atoms with Gasteiger partial charge >= 0.3 is 0 Å². The minimum Gasteiger partial charge on any atom is -0.325 e. The second-order valence-corrected chi connectivity index (χ2v) is 4.57. The van der Waals surface area contributed by atoms with Gasteiger partial charge in [-0.1, -0.05) is 18.2 Å². The van der Waals surface area contributed by atoms with Gasteiger partial charge in [-0.3, -0.25) is 19.4 Å². The monoisotopic (exact) mass is 281 g/mol. The predicted molar refractivity (Wildman–Crippen MR) is 75.7 cm³/mol. The number of para-hydroxylation sites is 1. The number of carbonyl (C=O) groups excluding carboxylic acids is 3. The third kappa shape index (κ3) is 2.38. The molecule has 2 N–H and O–H groups in total. The maximum absolute atomic E-state index is 12.2. The highest BCUT2D eigenvalue weighted by Crippen LogP contribution is 2.32. The molecule has 1 aliphatic rings. The Hall–Kier alpha value is -3.02. The fourth-order valence-electron chi connectivity index (χ4n) is 2.23. The van der Waals surface area contributed by atoms with E-state index in [0.29, 0.717) is 16.9 Å². The number of anilines is 2. The molecule has 1 aromatic carbocycles. The number of nitrogens with zero attached hydrogens (tertiary/aromatic N) is 1. The van der Waals surface area contributed by atoms with Crippen molar-refractivity contribution in [3.63, 3.8) is 0 Å². The van der Waals surface area contributed by atoms with Crippen molar-refractivity contribution in [3.05, 3.63) is 54.4 Å². The van der Waals surface area contributed by atoms with Crippen molar-refractivity contribution in [2.75, 3.05) is 10.6 Å². The quantitative estimate of drug-likeness (QED) is 0.656. The zero-order valence-electron chi connectivity index (χ0n) is 10.9. The van der Waals surface area contributed by atoms with Gasteiger partial charge in [0.15, 0.2) is 0 Å². The lowest BCUT2D eigenvalue weighted by molar-refractivity contribution is -0.138. The number of nitrogens with one attached hydrogen (secondary N) is 2. The Morgan fingerprint density at radius 2 is 1.95 bits per heavy atom. The number of ketones is 1. The molecule has 0 saturated carbocycles. The van der Waals surface area contributed by atoms with Crippen LogP contribution in [0.15, 0.2) is 48.8 Å². The van der Waals surface area contributed by atoms with Crippen LogP contribution in [0.25, 0.3) is 0 Å². The van der Waals surface area contributed by atoms with Crippen LogP contribution in [0, 0.1) is 0 Å². The zero-order chi connectivity index (χ0) is 14.8. The molecular formula is C15H11N3O3. The second-order valence-electron chi connectivity index (χ2n) is 4.57. The molecule has 2 aromatic rings. The lowest BCUT2D eigenvalue weighted by atomic mass is 9.95. The van der Waals surface area contributed by atoms with Gasteiger partial charge < -0.3 is 10.6 Å². The van der Waals surface area contributed by atoms with Crippen molar-refractivity contribution in [1.82, 2.24) is 4.98 Å². The van der Waals surface area contributed by atoms with Crippen LogP contribution in [-0.4, -0.2) is 22.6 Å². The van der Waals surface area contributed by atoms with Gasteiger partial charge in [0.05, 0.1) is 11.9 Å². The van der Waals surface area contributed by atoms with E-state index in [0.717, 1.165) is 0 Å². The molecule has 2 heterocycles. The summed E-state index contributed by atoms with van der Waals surface area (Å²) in [6, 6.07) is 10.1. The third-order valence-electron chi connectivity index (χ3n) is 3.20. The third-order valence-corrected chi connectivity index (χ3v) is 3.20. The van der Waals surface area contributed by atoms with E-state index in [1.807, 2.05) is 0 Å². The molecule has 0 fully saturated rings. The van der Waals surface area contributed by atoms with E-state index in [9.17, 15) is 14.4 Å². The summed E-state index contributed by atoms with van der Waals surface area (Å²) in [5.74, 6) is -3.21. The SMILES string of the molecule is O=C(Nc1cccnc1)C(=O)C1C(=O)Nc2ccccc21. The van der Waals surface area contributed by atoms with Crippen LogP contribution < -0.4 is 10.6 Å². The summed E-state index contributed by atoms with van der Waals surface area (Å²) in [6.07, 6.45) is 2.98. The van der Waals surface area contributed by atoms with Crippen LogP contribution in [0.5, 0.6) is 0 Å². The van der Waals surface area contributed by atoms with E-state index >= 15 is 0 Å². The fourth-order valence-corrected chi connectivity index (χ4v) is 2.23. The zero-order valence-corrected chi connectivity index (χ0v) is 10.9. The molecule has 1 unspecified atom stereocenters. The van der Waals surface area contributed by atoms with Gasteiger partial charge in [0, 0.05) is 11.9 Å². The molecule has 1 aromatic heterocycles. The summed E-state index contributed by atoms with van der Waals surface area (Å²) >= 11 is 0. The molecule has 104 valence electrons. The summed E-state index contributed by atoms with van der Waals surface area (Å²) in [5, 5.41) is 5.03. The van der Waals surface area contributed by atoms with Gasteiger partial charge in [-0.25, -0.2) is 0 Å². The van der Waals surface area contributed by atoms with Crippen molar-refractivity contribution in [2.45, 2.75) is 5.92 Å². The number of benzene rings is 1. The van der Waals surface area contributed by atoms with E-state index in [-0.39, 0.29) is 0 Å². The van der Waals surface area contributed by atoms with E-state index in [2.05, 4.69) is 15.6 Å². The van der Waals surface area contributed by atoms with Crippen molar-refractivity contribution in [1.29, 1.82) is 0 Å². The number of carbonyl (C=O) groups is 3. The summed E-state index contributed by atoms with van der Waals surface area (Å²) in [4.78, 5) is 40.0. The Balaban J connectivity index is 1.82. The Morgan fingerprint density at radius 3 is 2.71 bits per heavy atom. The first-order chi connectivity index (χ1) is 10.2. The smallest absolute Gasteiger partial charge is 0.293 e. The molecule has 0 spiro atoms. The summed E-state index contributed by atoms with van der Waals surface area (Å²) in [5.41, 5.74) is 1.49. The van der Waals surface area contributed by atoms with Gasteiger partial charge in [-0.2, -0.15) is 0 Å². The van der Waals surface area contributed by atoms with E-state index in [1.54, 1.807) is 42.6 Å². The van der Waals surface area contributed by atoms with Crippen LogP contribution in [0.4, 0.5) is 11.4 Å². The minimum atomic E-state index is -1.10. The highest BCUT2D eigenvalue weighted by atomic mass is 16.2. The molecular weight excluding hydrogens is 270 g/mol. The topological polar surface area (TPSA) is 88.2 Å². The largest absolute Gasteiger partial charge is 0.325 e. The molecule has 6 nitrogen and oxygen atoms in total. The van der Waals surface area contributed by atoms with Crippen molar-refractivity contribution < 1.29 is 14.4 Å². The number of hydrogen-bond donors (Lipinski definition) is 2. The van der Waals surface area contributed by atoms with Gasteiger partial charge in [0.1, 0.15) is 5.92 Å². The number of Topliss-reactive ketones (excluding diaryl/α,β-unsaturated/α-hetero) is 1. The number of pyridine rings is 1.